The van der Waals surface area contributed by atoms with Crippen LogP contribution in [0.4, 0.5) is 0 Å². The van der Waals surface area contributed by atoms with Gasteiger partial charge in [0.05, 0.1) is 0 Å². The number of carboxylic acids is 1. The molecule has 1 fully saturated rings. The maximum absolute atomic E-state index is 11.7. The average molecular weight is 278 g/mol. The normalized spacial score (nSPS) is 21.4. The highest BCUT2D eigenvalue weighted by Gasteiger charge is 2.46. The van der Waals surface area contributed by atoms with Crippen molar-refractivity contribution < 1.29 is 24.5 Å². The van der Waals surface area contributed by atoms with E-state index in [1.54, 1.807) is 18.2 Å². The highest BCUT2D eigenvalue weighted by molar-refractivity contribution is 5.80. The van der Waals surface area contributed by atoms with Gasteiger partial charge >= 0.3 is 5.97 Å². The number of benzene rings is 1. The summed E-state index contributed by atoms with van der Waals surface area (Å²) in [5, 5.41) is 20.4. The van der Waals surface area contributed by atoms with Crippen molar-refractivity contribution in [3.63, 3.8) is 0 Å². The molecule has 1 heterocycles. The Bertz CT molecular complexity index is 521. The first-order valence-electron chi connectivity index (χ1n) is 6.98. The second-order valence-electron chi connectivity index (χ2n) is 5.47. The number of ether oxygens (including phenoxy) is 2. The number of rotatable bonds is 3. The van der Waals surface area contributed by atoms with E-state index in [9.17, 15) is 15.0 Å². The quantitative estimate of drug-likeness (QED) is 0.887. The number of aliphatic hydroxyl groups is 1. The summed E-state index contributed by atoms with van der Waals surface area (Å²) in [6.07, 6.45) is 4.50. The van der Waals surface area contributed by atoms with Crippen LogP contribution in [0.5, 0.6) is 11.5 Å². The summed E-state index contributed by atoms with van der Waals surface area (Å²) in [6.45, 7) is 0.133. The van der Waals surface area contributed by atoms with Crippen LogP contribution in [0.15, 0.2) is 18.2 Å². The fraction of sp³-hybridized carbons (Fsp3) is 0.533. The van der Waals surface area contributed by atoms with Crippen LogP contribution in [0.25, 0.3) is 0 Å². The Hall–Kier alpha value is -1.75. The summed E-state index contributed by atoms with van der Waals surface area (Å²) in [5.41, 5.74) is -1.47. The number of carbonyl (C=O) groups is 1. The molecule has 20 heavy (non-hydrogen) atoms. The van der Waals surface area contributed by atoms with Crippen LogP contribution in [-0.2, 0) is 10.4 Å². The van der Waals surface area contributed by atoms with Crippen molar-refractivity contribution in [3.05, 3.63) is 23.8 Å². The van der Waals surface area contributed by atoms with Gasteiger partial charge in [0.25, 0.3) is 0 Å². The fourth-order valence-corrected chi connectivity index (χ4v) is 3.19. The molecule has 0 saturated heterocycles. The molecule has 1 unspecified atom stereocenters. The van der Waals surface area contributed by atoms with Gasteiger partial charge in [-0.25, -0.2) is 4.79 Å². The van der Waals surface area contributed by atoms with Gasteiger partial charge in [0.1, 0.15) is 0 Å². The Morgan fingerprint density at radius 2 is 1.85 bits per heavy atom. The third kappa shape index (κ3) is 2.02. The summed E-state index contributed by atoms with van der Waals surface area (Å²) in [7, 11) is 0. The van der Waals surface area contributed by atoms with Gasteiger partial charge in [0, 0.05) is 5.92 Å². The maximum atomic E-state index is 11.7. The lowest BCUT2D eigenvalue weighted by atomic mass is 9.73. The van der Waals surface area contributed by atoms with E-state index in [2.05, 4.69) is 0 Å². The van der Waals surface area contributed by atoms with Gasteiger partial charge in [-0.2, -0.15) is 0 Å². The molecule has 2 N–H and O–H groups in total. The fourth-order valence-electron chi connectivity index (χ4n) is 3.19. The molecular formula is C15H18O5. The van der Waals surface area contributed by atoms with E-state index in [4.69, 9.17) is 9.47 Å². The lowest BCUT2D eigenvalue weighted by Gasteiger charge is -2.35. The maximum Gasteiger partial charge on any atom is 0.340 e. The number of hydrogen-bond acceptors (Lipinski definition) is 4. The van der Waals surface area contributed by atoms with E-state index < -0.39 is 11.6 Å². The molecule has 0 radical (unpaired) electrons. The van der Waals surface area contributed by atoms with Crippen LogP contribution in [0.3, 0.4) is 0 Å². The molecule has 0 amide bonds. The molecule has 3 rings (SSSR count). The first-order chi connectivity index (χ1) is 9.62. The van der Waals surface area contributed by atoms with Crippen molar-refractivity contribution >= 4 is 5.97 Å². The lowest BCUT2D eigenvalue weighted by Crippen LogP contribution is -2.43. The number of aliphatic carboxylic acids is 1. The zero-order valence-electron chi connectivity index (χ0n) is 11.2. The summed E-state index contributed by atoms with van der Waals surface area (Å²) in [4.78, 5) is 11.7. The smallest absolute Gasteiger partial charge is 0.340 e. The minimum Gasteiger partial charge on any atom is -0.479 e. The zero-order chi connectivity index (χ0) is 14.2. The standard InChI is InChI=1S/C15H18O5/c16-14(17)15(18,10-4-2-1-3-5-10)11-6-7-12-13(8-11)20-9-19-12/h6-8,10,18H,1-5,9H2,(H,16,17). The molecule has 108 valence electrons. The van der Waals surface area contributed by atoms with Gasteiger partial charge in [0.15, 0.2) is 17.1 Å². The Labute approximate surface area is 117 Å². The van der Waals surface area contributed by atoms with Crippen molar-refractivity contribution in [1.82, 2.24) is 0 Å². The molecule has 1 aliphatic heterocycles. The van der Waals surface area contributed by atoms with Crippen molar-refractivity contribution in [2.24, 2.45) is 5.92 Å². The molecule has 0 aromatic heterocycles. The lowest BCUT2D eigenvalue weighted by molar-refractivity contribution is -0.168. The van der Waals surface area contributed by atoms with Gasteiger partial charge in [-0.3, -0.25) is 0 Å². The van der Waals surface area contributed by atoms with Crippen LogP contribution in [0, 0.1) is 5.92 Å². The highest BCUT2D eigenvalue weighted by Crippen LogP contribution is 2.43. The molecule has 0 bridgehead atoms. The molecule has 5 heteroatoms. The first-order valence-corrected chi connectivity index (χ1v) is 6.98. The van der Waals surface area contributed by atoms with Crippen LogP contribution in [0.1, 0.15) is 37.7 Å². The number of hydrogen-bond donors (Lipinski definition) is 2. The Kier molecular flexibility index (Phi) is 3.30. The van der Waals surface area contributed by atoms with E-state index in [-0.39, 0.29) is 12.7 Å². The number of carboxylic acid groups (broad SMARTS) is 1. The second-order valence-corrected chi connectivity index (χ2v) is 5.47. The Balaban J connectivity index is 1.99. The molecule has 1 atom stereocenters. The van der Waals surface area contributed by atoms with Gasteiger partial charge in [-0.1, -0.05) is 25.3 Å². The van der Waals surface area contributed by atoms with E-state index in [0.717, 1.165) is 32.1 Å². The van der Waals surface area contributed by atoms with Crippen molar-refractivity contribution in [1.29, 1.82) is 0 Å². The molecule has 5 nitrogen and oxygen atoms in total. The summed E-state index contributed by atoms with van der Waals surface area (Å²) in [5.74, 6) is -0.361. The van der Waals surface area contributed by atoms with Crippen molar-refractivity contribution in [2.75, 3.05) is 6.79 Å². The van der Waals surface area contributed by atoms with E-state index in [1.807, 2.05) is 0 Å². The Morgan fingerprint density at radius 1 is 1.15 bits per heavy atom. The largest absolute Gasteiger partial charge is 0.479 e. The summed E-state index contributed by atoms with van der Waals surface area (Å²) in [6, 6.07) is 4.87. The Morgan fingerprint density at radius 3 is 2.55 bits per heavy atom. The van der Waals surface area contributed by atoms with Gasteiger partial charge in [0.2, 0.25) is 6.79 Å². The predicted molar refractivity (Wildman–Crippen MR) is 70.7 cm³/mol. The molecule has 1 aromatic carbocycles. The predicted octanol–water partition coefficient (Wildman–Crippen LogP) is 2.27. The SMILES string of the molecule is O=C(O)C(O)(c1ccc2c(c1)OCO2)C1CCCCC1. The minimum absolute atomic E-state index is 0.133. The first kappa shape index (κ1) is 13.2. The molecule has 1 aliphatic carbocycles. The van der Waals surface area contributed by atoms with Gasteiger partial charge in [-0.05, 0) is 30.5 Å². The molecule has 1 aromatic rings. The molecule has 1 saturated carbocycles. The third-order valence-electron chi connectivity index (χ3n) is 4.33. The van der Waals surface area contributed by atoms with Crippen LogP contribution in [-0.4, -0.2) is 23.0 Å². The monoisotopic (exact) mass is 278 g/mol. The molecule has 2 aliphatic rings. The summed E-state index contributed by atoms with van der Waals surface area (Å²) >= 11 is 0. The van der Waals surface area contributed by atoms with E-state index in [1.165, 1.54) is 0 Å². The minimum atomic E-state index is -1.85. The van der Waals surface area contributed by atoms with Crippen molar-refractivity contribution in [3.8, 4) is 11.5 Å². The zero-order valence-corrected chi connectivity index (χ0v) is 11.2. The summed E-state index contributed by atoms with van der Waals surface area (Å²) < 4.78 is 10.5. The number of fused-ring (bicyclic) bond motifs is 1. The van der Waals surface area contributed by atoms with Gasteiger partial charge < -0.3 is 19.7 Å². The highest BCUT2D eigenvalue weighted by atomic mass is 16.7. The van der Waals surface area contributed by atoms with Crippen LogP contribution < -0.4 is 9.47 Å². The second kappa shape index (κ2) is 4.98. The molecule has 0 spiro atoms. The van der Waals surface area contributed by atoms with E-state index >= 15 is 0 Å². The van der Waals surface area contributed by atoms with Crippen molar-refractivity contribution in [2.45, 2.75) is 37.7 Å². The van der Waals surface area contributed by atoms with Crippen LogP contribution in [0.2, 0.25) is 0 Å². The topological polar surface area (TPSA) is 76.0 Å². The van der Waals surface area contributed by atoms with Crippen LogP contribution >= 0.6 is 0 Å². The van der Waals surface area contributed by atoms with E-state index in [0.29, 0.717) is 17.1 Å². The third-order valence-corrected chi connectivity index (χ3v) is 4.33. The average Bonchev–Trinajstić information content (AvgIpc) is 2.94. The van der Waals surface area contributed by atoms with Gasteiger partial charge in [-0.15, -0.1) is 0 Å². The molecular weight excluding hydrogens is 260 g/mol.